The summed E-state index contributed by atoms with van der Waals surface area (Å²) in [7, 11) is -2.24. The van der Waals surface area contributed by atoms with Gasteiger partial charge in [0.2, 0.25) is 4.80 Å². The number of nitrogens with zero attached hydrogens (tertiary/aromatic N) is 2. The molecule has 0 fully saturated rings. The number of aryl methyl sites for hydroxylation is 1. The van der Waals surface area contributed by atoms with Crippen LogP contribution in [-0.4, -0.2) is 26.4 Å². The Kier molecular flexibility index (Phi) is 5.21. The number of benzene rings is 2. The van der Waals surface area contributed by atoms with Gasteiger partial charge in [-0.2, -0.15) is 8.42 Å². The Balaban J connectivity index is 2.15. The van der Waals surface area contributed by atoms with Crippen LogP contribution in [0.25, 0.3) is 10.2 Å². The summed E-state index contributed by atoms with van der Waals surface area (Å²) in [5.74, 6) is 0.606. The zero-order valence-electron chi connectivity index (χ0n) is 14.1. The summed E-state index contributed by atoms with van der Waals surface area (Å²) in [5, 5.41) is 0. The van der Waals surface area contributed by atoms with E-state index in [1.807, 2.05) is 29.9 Å². The molecule has 2 aromatic carbocycles. The SMILES string of the molecule is CCn1/c(=N/S(=O)(=O)c2ccc(OC)cc2)sc2cc(SC)ccc21. The fourth-order valence-corrected chi connectivity index (χ4v) is 5.31. The van der Waals surface area contributed by atoms with E-state index in [0.29, 0.717) is 17.1 Å². The van der Waals surface area contributed by atoms with E-state index in [9.17, 15) is 8.42 Å². The highest BCUT2D eigenvalue weighted by Crippen LogP contribution is 2.24. The number of aromatic nitrogens is 1. The first kappa shape index (κ1) is 18.0. The fraction of sp³-hybridized carbons (Fsp3) is 0.235. The topological polar surface area (TPSA) is 60.7 Å². The number of methoxy groups -OCH3 is 1. The lowest BCUT2D eigenvalue weighted by molar-refractivity contribution is 0.414. The van der Waals surface area contributed by atoms with Crippen molar-refractivity contribution in [1.29, 1.82) is 0 Å². The van der Waals surface area contributed by atoms with E-state index < -0.39 is 10.0 Å². The molecule has 0 saturated heterocycles. The third kappa shape index (κ3) is 3.61. The number of thiazole rings is 1. The van der Waals surface area contributed by atoms with Crippen molar-refractivity contribution in [3.05, 3.63) is 47.3 Å². The number of hydrogen-bond acceptors (Lipinski definition) is 5. The second kappa shape index (κ2) is 7.23. The second-order valence-electron chi connectivity index (χ2n) is 5.20. The van der Waals surface area contributed by atoms with E-state index >= 15 is 0 Å². The lowest BCUT2D eigenvalue weighted by Crippen LogP contribution is -2.16. The molecule has 25 heavy (non-hydrogen) atoms. The van der Waals surface area contributed by atoms with E-state index in [1.165, 1.54) is 30.6 Å². The maximum atomic E-state index is 12.7. The van der Waals surface area contributed by atoms with Crippen LogP contribution in [-0.2, 0) is 16.6 Å². The van der Waals surface area contributed by atoms with E-state index in [0.717, 1.165) is 15.1 Å². The van der Waals surface area contributed by atoms with Crippen LogP contribution >= 0.6 is 23.1 Å². The molecule has 0 radical (unpaired) electrons. The number of hydrogen-bond donors (Lipinski definition) is 0. The van der Waals surface area contributed by atoms with Crippen molar-refractivity contribution >= 4 is 43.3 Å². The van der Waals surface area contributed by atoms with Gasteiger partial charge in [-0.3, -0.25) is 0 Å². The molecule has 3 aromatic rings. The van der Waals surface area contributed by atoms with Crippen LogP contribution in [0, 0.1) is 0 Å². The molecule has 0 unspecified atom stereocenters. The van der Waals surface area contributed by atoms with E-state index in [2.05, 4.69) is 10.5 Å². The zero-order chi connectivity index (χ0) is 18.0. The lowest BCUT2D eigenvalue weighted by atomic mass is 10.3. The molecule has 0 amide bonds. The number of rotatable bonds is 5. The van der Waals surface area contributed by atoms with Gasteiger partial charge in [0.15, 0.2) is 0 Å². The second-order valence-corrected chi connectivity index (χ2v) is 8.70. The Morgan fingerprint density at radius 1 is 1.20 bits per heavy atom. The number of thioether (sulfide) groups is 1. The van der Waals surface area contributed by atoms with Crippen molar-refractivity contribution in [1.82, 2.24) is 4.57 Å². The lowest BCUT2D eigenvalue weighted by Gasteiger charge is -2.03. The molecule has 5 nitrogen and oxygen atoms in total. The Morgan fingerprint density at radius 2 is 1.92 bits per heavy atom. The number of fused-ring (bicyclic) bond motifs is 1. The normalized spacial score (nSPS) is 12.7. The smallest absolute Gasteiger partial charge is 0.285 e. The molecule has 0 aliphatic carbocycles. The van der Waals surface area contributed by atoms with Crippen molar-refractivity contribution in [2.75, 3.05) is 13.4 Å². The predicted molar refractivity (Wildman–Crippen MR) is 103 cm³/mol. The molecular formula is C17H18N2O3S3. The molecule has 1 aromatic heterocycles. The van der Waals surface area contributed by atoms with Gasteiger partial charge in [-0.25, -0.2) is 0 Å². The van der Waals surface area contributed by atoms with Gasteiger partial charge >= 0.3 is 0 Å². The highest BCUT2D eigenvalue weighted by atomic mass is 32.2. The van der Waals surface area contributed by atoms with Crippen LogP contribution in [0.2, 0.25) is 0 Å². The molecule has 1 heterocycles. The van der Waals surface area contributed by atoms with E-state index in [1.54, 1.807) is 23.9 Å². The van der Waals surface area contributed by atoms with Gasteiger partial charge in [-0.05, 0) is 55.6 Å². The minimum absolute atomic E-state index is 0.151. The average molecular weight is 395 g/mol. The monoisotopic (exact) mass is 394 g/mol. The summed E-state index contributed by atoms with van der Waals surface area (Å²) in [6.07, 6.45) is 2.02. The van der Waals surface area contributed by atoms with E-state index in [4.69, 9.17) is 4.74 Å². The van der Waals surface area contributed by atoms with Crippen molar-refractivity contribution in [2.45, 2.75) is 23.3 Å². The molecule has 132 valence electrons. The van der Waals surface area contributed by atoms with Gasteiger partial charge in [0.05, 0.1) is 22.2 Å². The van der Waals surface area contributed by atoms with Crippen LogP contribution in [0.1, 0.15) is 6.92 Å². The minimum Gasteiger partial charge on any atom is -0.497 e. The quantitative estimate of drug-likeness (QED) is 0.619. The van der Waals surface area contributed by atoms with Crippen molar-refractivity contribution in [3.63, 3.8) is 0 Å². The summed E-state index contributed by atoms with van der Waals surface area (Å²) in [5.41, 5.74) is 0.994. The van der Waals surface area contributed by atoms with Gasteiger partial charge in [0.1, 0.15) is 5.75 Å². The maximum absolute atomic E-state index is 12.7. The third-order valence-corrected chi connectivity index (χ3v) is 6.92. The first-order valence-electron chi connectivity index (χ1n) is 7.61. The Bertz CT molecular complexity index is 1060. The molecule has 0 spiro atoms. The average Bonchev–Trinajstić information content (AvgIpc) is 2.96. The summed E-state index contributed by atoms with van der Waals surface area (Å²) >= 11 is 3.04. The fourth-order valence-electron chi connectivity index (χ4n) is 2.46. The van der Waals surface area contributed by atoms with Crippen molar-refractivity contribution in [3.8, 4) is 5.75 Å². The van der Waals surface area contributed by atoms with Gasteiger partial charge in [-0.15, -0.1) is 16.2 Å². The largest absolute Gasteiger partial charge is 0.497 e. The predicted octanol–water partition coefficient (Wildman–Crippen LogP) is 3.74. The number of sulfonamides is 1. The highest BCUT2D eigenvalue weighted by molar-refractivity contribution is 7.98. The number of ether oxygens (including phenoxy) is 1. The standard InChI is InChI=1S/C17H18N2O3S3/c1-4-19-15-10-7-13(23-3)11-16(15)24-17(19)18-25(20,21)14-8-5-12(22-2)6-9-14/h5-11H,4H2,1-3H3/b18-17-. The molecular weight excluding hydrogens is 376 g/mol. The van der Waals surface area contributed by atoms with Gasteiger partial charge in [0.25, 0.3) is 10.0 Å². The molecule has 0 atom stereocenters. The molecule has 8 heteroatoms. The van der Waals surface area contributed by atoms with Crippen LogP contribution in [0.3, 0.4) is 0 Å². The van der Waals surface area contributed by atoms with Crippen LogP contribution in [0.5, 0.6) is 5.75 Å². The summed E-state index contributed by atoms with van der Waals surface area (Å²) in [6.45, 7) is 2.63. The Morgan fingerprint density at radius 3 is 2.52 bits per heavy atom. The summed E-state index contributed by atoms with van der Waals surface area (Å²) in [6, 6.07) is 12.4. The molecule has 0 bridgehead atoms. The summed E-state index contributed by atoms with van der Waals surface area (Å²) < 4.78 is 37.4. The van der Waals surface area contributed by atoms with Crippen LogP contribution < -0.4 is 9.54 Å². The summed E-state index contributed by atoms with van der Waals surface area (Å²) in [4.78, 5) is 1.77. The Labute approximate surface area is 155 Å². The maximum Gasteiger partial charge on any atom is 0.285 e. The minimum atomic E-state index is -3.78. The molecule has 0 aliphatic rings. The first-order chi connectivity index (χ1) is 12.0. The Hall–Kier alpha value is -1.77. The van der Waals surface area contributed by atoms with Crippen molar-refractivity contribution in [2.24, 2.45) is 4.40 Å². The van der Waals surface area contributed by atoms with Crippen molar-refractivity contribution < 1.29 is 13.2 Å². The van der Waals surface area contributed by atoms with E-state index in [-0.39, 0.29) is 4.90 Å². The molecule has 0 saturated carbocycles. The molecule has 3 rings (SSSR count). The zero-order valence-corrected chi connectivity index (χ0v) is 16.5. The van der Waals surface area contributed by atoms with Gasteiger partial charge < -0.3 is 9.30 Å². The highest BCUT2D eigenvalue weighted by Gasteiger charge is 2.15. The van der Waals surface area contributed by atoms with Gasteiger partial charge in [0, 0.05) is 11.4 Å². The first-order valence-corrected chi connectivity index (χ1v) is 11.1. The van der Waals surface area contributed by atoms with Gasteiger partial charge in [-0.1, -0.05) is 11.3 Å². The third-order valence-electron chi connectivity index (χ3n) is 3.76. The van der Waals surface area contributed by atoms with Crippen LogP contribution in [0.4, 0.5) is 0 Å². The molecule has 0 N–H and O–H groups in total. The van der Waals surface area contributed by atoms with Crippen LogP contribution in [0.15, 0.2) is 56.7 Å². The molecule has 0 aliphatic heterocycles.